The standard InChI is InChI=1S/C24H39FO2/c1-3-5-7-8-10-11-20-13-14-22(23(25)17-20)15-16-24-26-18-21(19-27-24)12-9-6-4-2/h13-14,17,21,24H,3-12,15-16,18-19H2,1-2H3. The summed E-state index contributed by atoms with van der Waals surface area (Å²) >= 11 is 0. The topological polar surface area (TPSA) is 18.5 Å². The second-order valence-electron chi connectivity index (χ2n) is 8.09. The van der Waals surface area contributed by atoms with Gasteiger partial charge in [-0.1, -0.05) is 70.9 Å². The molecule has 0 bridgehead atoms. The third-order valence-electron chi connectivity index (χ3n) is 5.59. The van der Waals surface area contributed by atoms with Gasteiger partial charge in [-0.15, -0.1) is 0 Å². The van der Waals surface area contributed by atoms with Crippen LogP contribution in [0.4, 0.5) is 4.39 Å². The van der Waals surface area contributed by atoms with Crippen LogP contribution in [0.1, 0.15) is 89.2 Å². The summed E-state index contributed by atoms with van der Waals surface area (Å²) in [7, 11) is 0. The predicted octanol–water partition coefficient (Wildman–Crippen LogP) is 6.84. The van der Waals surface area contributed by atoms with E-state index in [1.54, 1.807) is 6.07 Å². The Morgan fingerprint density at radius 3 is 2.26 bits per heavy atom. The van der Waals surface area contributed by atoms with Crippen molar-refractivity contribution < 1.29 is 13.9 Å². The molecule has 0 N–H and O–H groups in total. The zero-order chi connectivity index (χ0) is 19.3. The van der Waals surface area contributed by atoms with Crippen molar-refractivity contribution in [3.8, 4) is 0 Å². The molecule has 0 unspecified atom stereocenters. The molecule has 0 aliphatic carbocycles. The van der Waals surface area contributed by atoms with Crippen molar-refractivity contribution in [1.29, 1.82) is 0 Å². The van der Waals surface area contributed by atoms with E-state index in [4.69, 9.17) is 9.47 Å². The Morgan fingerprint density at radius 2 is 1.56 bits per heavy atom. The van der Waals surface area contributed by atoms with Gasteiger partial charge in [-0.3, -0.25) is 0 Å². The molecule has 2 nitrogen and oxygen atoms in total. The fourth-order valence-electron chi connectivity index (χ4n) is 3.75. The first kappa shape index (κ1) is 22.4. The highest BCUT2D eigenvalue weighted by Crippen LogP contribution is 2.21. The predicted molar refractivity (Wildman–Crippen MR) is 111 cm³/mol. The molecule has 1 aliphatic rings. The third-order valence-corrected chi connectivity index (χ3v) is 5.59. The molecule has 0 aromatic heterocycles. The van der Waals surface area contributed by atoms with E-state index in [2.05, 4.69) is 19.9 Å². The van der Waals surface area contributed by atoms with Gasteiger partial charge in [0, 0.05) is 12.3 Å². The van der Waals surface area contributed by atoms with Crippen molar-refractivity contribution in [3.05, 3.63) is 35.1 Å². The molecule has 1 aliphatic heterocycles. The van der Waals surface area contributed by atoms with Gasteiger partial charge >= 0.3 is 0 Å². The number of halogens is 1. The van der Waals surface area contributed by atoms with E-state index in [0.29, 0.717) is 12.3 Å². The molecule has 1 aromatic rings. The van der Waals surface area contributed by atoms with Gasteiger partial charge in [-0.25, -0.2) is 4.39 Å². The monoisotopic (exact) mass is 378 g/mol. The van der Waals surface area contributed by atoms with Gasteiger partial charge in [0.2, 0.25) is 0 Å². The first-order valence-corrected chi connectivity index (χ1v) is 11.2. The van der Waals surface area contributed by atoms with Crippen LogP contribution in [0.3, 0.4) is 0 Å². The summed E-state index contributed by atoms with van der Waals surface area (Å²) in [6, 6.07) is 5.76. The van der Waals surface area contributed by atoms with Gasteiger partial charge in [0.25, 0.3) is 0 Å². The van der Waals surface area contributed by atoms with Crippen LogP contribution in [-0.4, -0.2) is 19.5 Å². The van der Waals surface area contributed by atoms with Crippen LogP contribution < -0.4 is 0 Å². The number of ether oxygens (including phenoxy) is 2. The second-order valence-corrected chi connectivity index (χ2v) is 8.09. The molecule has 0 radical (unpaired) electrons. The summed E-state index contributed by atoms with van der Waals surface area (Å²) in [5.41, 5.74) is 1.90. The molecule has 1 fully saturated rings. The molecule has 1 saturated heterocycles. The molecular formula is C24H39FO2. The number of hydrogen-bond acceptors (Lipinski definition) is 2. The van der Waals surface area contributed by atoms with Crippen molar-refractivity contribution in [2.75, 3.05) is 13.2 Å². The zero-order valence-electron chi connectivity index (χ0n) is 17.5. The van der Waals surface area contributed by atoms with Crippen molar-refractivity contribution >= 4 is 0 Å². The maximum atomic E-state index is 14.4. The fourth-order valence-corrected chi connectivity index (χ4v) is 3.75. The average Bonchev–Trinajstić information content (AvgIpc) is 2.68. The van der Waals surface area contributed by atoms with Crippen LogP contribution in [0.15, 0.2) is 18.2 Å². The molecule has 2 rings (SSSR count). The van der Waals surface area contributed by atoms with Crippen LogP contribution in [0.5, 0.6) is 0 Å². The van der Waals surface area contributed by atoms with Crippen LogP contribution in [0.25, 0.3) is 0 Å². The Balaban J connectivity index is 1.66. The van der Waals surface area contributed by atoms with Crippen molar-refractivity contribution in [2.45, 2.75) is 97.2 Å². The van der Waals surface area contributed by atoms with Crippen LogP contribution >= 0.6 is 0 Å². The van der Waals surface area contributed by atoms with Gasteiger partial charge in [0.15, 0.2) is 6.29 Å². The van der Waals surface area contributed by atoms with Gasteiger partial charge in [-0.2, -0.15) is 0 Å². The summed E-state index contributed by atoms with van der Waals surface area (Å²) in [6.07, 6.45) is 13.4. The Bertz CT molecular complexity index is 509. The first-order chi connectivity index (χ1) is 13.2. The molecule has 1 heterocycles. The van der Waals surface area contributed by atoms with E-state index in [1.165, 1.54) is 51.4 Å². The van der Waals surface area contributed by atoms with Crippen molar-refractivity contribution in [3.63, 3.8) is 0 Å². The minimum atomic E-state index is -0.176. The summed E-state index contributed by atoms with van der Waals surface area (Å²) in [5, 5.41) is 0. The second kappa shape index (κ2) is 13.3. The fraction of sp³-hybridized carbons (Fsp3) is 0.750. The Kier molecular flexibility index (Phi) is 11.0. The molecule has 27 heavy (non-hydrogen) atoms. The minimum absolute atomic E-state index is 0.0747. The van der Waals surface area contributed by atoms with Gasteiger partial charge in [0.1, 0.15) is 5.82 Å². The molecule has 0 spiro atoms. The minimum Gasteiger partial charge on any atom is -0.352 e. The van der Waals surface area contributed by atoms with Crippen LogP contribution in [-0.2, 0) is 22.3 Å². The van der Waals surface area contributed by atoms with Gasteiger partial charge in [0.05, 0.1) is 13.2 Å². The SMILES string of the molecule is CCCCCCCc1ccc(CCC2OCC(CCCCC)CO2)c(F)c1. The molecule has 0 atom stereocenters. The highest BCUT2D eigenvalue weighted by molar-refractivity contribution is 5.24. The lowest BCUT2D eigenvalue weighted by Gasteiger charge is -2.29. The quantitative estimate of drug-likeness (QED) is 0.350. The van der Waals surface area contributed by atoms with Gasteiger partial charge in [-0.05, 0) is 42.9 Å². The number of unbranched alkanes of at least 4 members (excludes halogenated alkanes) is 6. The normalized spacial score (nSPS) is 20.1. The van der Waals surface area contributed by atoms with E-state index < -0.39 is 0 Å². The van der Waals surface area contributed by atoms with E-state index in [0.717, 1.165) is 43.6 Å². The van der Waals surface area contributed by atoms with Crippen molar-refractivity contribution in [1.82, 2.24) is 0 Å². The number of benzene rings is 1. The van der Waals surface area contributed by atoms with Crippen molar-refractivity contribution in [2.24, 2.45) is 5.92 Å². The van der Waals surface area contributed by atoms with E-state index in [1.807, 2.05) is 6.07 Å². The maximum Gasteiger partial charge on any atom is 0.157 e. The lowest BCUT2D eigenvalue weighted by atomic mass is 10.0. The van der Waals surface area contributed by atoms with Gasteiger partial charge < -0.3 is 9.47 Å². The maximum absolute atomic E-state index is 14.4. The third kappa shape index (κ3) is 8.74. The summed E-state index contributed by atoms with van der Waals surface area (Å²) < 4.78 is 26.1. The van der Waals surface area contributed by atoms with Crippen LogP contribution in [0.2, 0.25) is 0 Å². The first-order valence-electron chi connectivity index (χ1n) is 11.2. The largest absolute Gasteiger partial charge is 0.352 e. The Morgan fingerprint density at radius 1 is 0.852 bits per heavy atom. The number of aryl methyl sites for hydroxylation is 2. The molecule has 154 valence electrons. The molecule has 1 aromatic carbocycles. The summed E-state index contributed by atoms with van der Waals surface area (Å²) in [5.74, 6) is 0.454. The molecule has 0 amide bonds. The Labute approximate surface area is 165 Å². The number of hydrogen-bond donors (Lipinski definition) is 0. The number of rotatable bonds is 13. The average molecular weight is 379 g/mol. The highest BCUT2D eigenvalue weighted by Gasteiger charge is 2.22. The lowest BCUT2D eigenvalue weighted by Crippen LogP contribution is -2.32. The van der Waals surface area contributed by atoms with E-state index in [9.17, 15) is 4.39 Å². The highest BCUT2D eigenvalue weighted by atomic mass is 19.1. The smallest absolute Gasteiger partial charge is 0.157 e. The van der Waals surface area contributed by atoms with Crippen LogP contribution in [0, 0.1) is 11.7 Å². The van der Waals surface area contributed by atoms with E-state index >= 15 is 0 Å². The van der Waals surface area contributed by atoms with E-state index in [-0.39, 0.29) is 12.1 Å². The Hall–Kier alpha value is -0.930. The summed E-state index contributed by atoms with van der Waals surface area (Å²) in [6.45, 7) is 6.02. The summed E-state index contributed by atoms with van der Waals surface area (Å²) in [4.78, 5) is 0. The molecule has 0 saturated carbocycles. The lowest BCUT2D eigenvalue weighted by molar-refractivity contribution is -0.203. The molecular weight excluding hydrogens is 339 g/mol. The zero-order valence-corrected chi connectivity index (χ0v) is 17.5. The molecule has 3 heteroatoms.